The van der Waals surface area contributed by atoms with E-state index < -0.39 is 0 Å². The Morgan fingerprint density at radius 2 is 1.72 bits per heavy atom. The number of hydrogen-bond donors (Lipinski definition) is 2. The molecule has 0 fully saturated rings. The van der Waals surface area contributed by atoms with Crippen LogP contribution in [0.1, 0.15) is 0 Å². The lowest BCUT2D eigenvalue weighted by Crippen LogP contribution is -1.97. The quantitative estimate of drug-likeness (QED) is 0.861. The van der Waals surface area contributed by atoms with Crippen LogP contribution >= 0.6 is 0 Å². The van der Waals surface area contributed by atoms with Crippen LogP contribution < -0.4 is 19.9 Å². The number of nitrogens with two attached hydrogens (primary N) is 1. The van der Waals surface area contributed by atoms with E-state index in [1.54, 1.807) is 39.7 Å². The van der Waals surface area contributed by atoms with Gasteiger partial charge in [0.1, 0.15) is 11.6 Å². The summed E-state index contributed by atoms with van der Waals surface area (Å²) in [4.78, 5) is 0. The average molecular weight is 249 g/mol. The van der Waals surface area contributed by atoms with Crippen molar-refractivity contribution in [3.8, 4) is 28.4 Å². The molecule has 0 saturated carbocycles. The fourth-order valence-corrected chi connectivity index (χ4v) is 1.83. The van der Waals surface area contributed by atoms with Crippen LogP contribution in [0.5, 0.6) is 17.2 Å². The standard InChI is InChI=1S/C12H15N3O3/c1-16-8-4-5-9(17-2)11(18-3)10(8)7-6-14-15-12(7)13/h4-6H,1-3H3,(H3,13,14,15). The number of nitrogens with zero attached hydrogens (tertiary/aromatic N) is 1. The van der Waals surface area contributed by atoms with Gasteiger partial charge < -0.3 is 19.9 Å². The Morgan fingerprint density at radius 1 is 1.06 bits per heavy atom. The maximum Gasteiger partial charge on any atom is 0.172 e. The Kier molecular flexibility index (Phi) is 3.27. The van der Waals surface area contributed by atoms with E-state index in [1.165, 1.54) is 0 Å². The number of nitrogens with one attached hydrogen (secondary N) is 1. The average Bonchev–Trinajstić information content (AvgIpc) is 2.82. The molecule has 0 bridgehead atoms. The lowest BCUT2D eigenvalue weighted by atomic mass is 10.1. The van der Waals surface area contributed by atoms with Crippen LogP contribution in [0, 0.1) is 0 Å². The van der Waals surface area contributed by atoms with Crippen LogP contribution in [0.4, 0.5) is 5.82 Å². The van der Waals surface area contributed by atoms with Gasteiger partial charge in [0.05, 0.1) is 38.7 Å². The molecule has 0 aliphatic carbocycles. The van der Waals surface area contributed by atoms with Gasteiger partial charge in [0.15, 0.2) is 11.5 Å². The van der Waals surface area contributed by atoms with Crippen molar-refractivity contribution in [2.75, 3.05) is 27.1 Å². The molecule has 0 atom stereocenters. The maximum absolute atomic E-state index is 5.84. The number of anilines is 1. The first-order valence-electron chi connectivity index (χ1n) is 5.31. The highest BCUT2D eigenvalue weighted by Gasteiger charge is 2.20. The summed E-state index contributed by atoms with van der Waals surface area (Å²) < 4.78 is 16.0. The number of aromatic nitrogens is 2. The normalized spacial score (nSPS) is 10.2. The summed E-state index contributed by atoms with van der Waals surface area (Å²) in [5.41, 5.74) is 7.27. The van der Waals surface area contributed by atoms with Gasteiger partial charge in [-0.1, -0.05) is 0 Å². The monoisotopic (exact) mass is 249 g/mol. The minimum atomic E-state index is 0.444. The van der Waals surface area contributed by atoms with E-state index >= 15 is 0 Å². The van der Waals surface area contributed by atoms with Crippen LogP contribution in [0.3, 0.4) is 0 Å². The summed E-state index contributed by atoms with van der Waals surface area (Å²) >= 11 is 0. The maximum atomic E-state index is 5.84. The summed E-state index contributed by atoms with van der Waals surface area (Å²) in [6.07, 6.45) is 1.62. The second kappa shape index (κ2) is 4.87. The lowest BCUT2D eigenvalue weighted by Gasteiger charge is -2.15. The molecular weight excluding hydrogens is 234 g/mol. The zero-order valence-corrected chi connectivity index (χ0v) is 10.5. The molecule has 1 aromatic carbocycles. The number of rotatable bonds is 4. The minimum absolute atomic E-state index is 0.444. The predicted octanol–water partition coefficient (Wildman–Crippen LogP) is 1.68. The zero-order valence-electron chi connectivity index (χ0n) is 10.5. The van der Waals surface area contributed by atoms with Crippen molar-refractivity contribution >= 4 is 5.82 Å². The predicted molar refractivity (Wildman–Crippen MR) is 68.1 cm³/mol. The van der Waals surface area contributed by atoms with E-state index in [0.717, 1.165) is 0 Å². The molecular formula is C12H15N3O3. The number of nitrogen functional groups attached to an aromatic ring is 1. The van der Waals surface area contributed by atoms with Crippen molar-refractivity contribution in [2.45, 2.75) is 0 Å². The molecule has 0 aliphatic rings. The smallest absolute Gasteiger partial charge is 0.172 e. The first kappa shape index (κ1) is 12.1. The van der Waals surface area contributed by atoms with Gasteiger partial charge in [-0.05, 0) is 12.1 Å². The Balaban J connectivity index is 2.73. The van der Waals surface area contributed by atoms with E-state index in [9.17, 15) is 0 Å². The number of methoxy groups -OCH3 is 3. The van der Waals surface area contributed by atoms with Crippen LogP contribution in [-0.4, -0.2) is 31.5 Å². The number of aromatic amines is 1. The fourth-order valence-electron chi connectivity index (χ4n) is 1.83. The molecule has 0 radical (unpaired) electrons. The largest absolute Gasteiger partial charge is 0.496 e. The van der Waals surface area contributed by atoms with Crippen molar-refractivity contribution in [3.05, 3.63) is 18.3 Å². The van der Waals surface area contributed by atoms with E-state index in [4.69, 9.17) is 19.9 Å². The minimum Gasteiger partial charge on any atom is -0.496 e. The molecule has 3 N–H and O–H groups in total. The third-order valence-electron chi connectivity index (χ3n) is 2.67. The molecule has 6 nitrogen and oxygen atoms in total. The molecule has 0 saturated heterocycles. The van der Waals surface area contributed by atoms with E-state index in [-0.39, 0.29) is 0 Å². The summed E-state index contributed by atoms with van der Waals surface area (Å²) in [5, 5.41) is 6.59. The molecule has 0 amide bonds. The summed E-state index contributed by atoms with van der Waals surface area (Å²) in [5.74, 6) is 2.25. The third-order valence-corrected chi connectivity index (χ3v) is 2.67. The number of hydrogen-bond acceptors (Lipinski definition) is 5. The van der Waals surface area contributed by atoms with Gasteiger partial charge in [0.25, 0.3) is 0 Å². The summed E-state index contributed by atoms with van der Waals surface area (Å²) in [6, 6.07) is 3.57. The van der Waals surface area contributed by atoms with Gasteiger partial charge in [-0.15, -0.1) is 0 Å². The SMILES string of the molecule is COc1ccc(OC)c(-c2cn[nH]c2N)c1OC. The highest BCUT2D eigenvalue weighted by molar-refractivity contribution is 5.85. The molecule has 0 aliphatic heterocycles. The van der Waals surface area contributed by atoms with Crippen LogP contribution in [0.25, 0.3) is 11.1 Å². The Bertz CT molecular complexity index is 551. The fraction of sp³-hybridized carbons (Fsp3) is 0.250. The van der Waals surface area contributed by atoms with Gasteiger partial charge in [-0.25, -0.2) is 0 Å². The first-order chi connectivity index (χ1) is 8.72. The third kappa shape index (κ3) is 1.81. The topological polar surface area (TPSA) is 82.4 Å². The van der Waals surface area contributed by atoms with Gasteiger partial charge in [0.2, 0.25) is 0 Å². The van der Waals surface area contributed by atoms with E-state index in [0.29, 0.717) is 34.2 Å². The first-order valence-corrected chi connectivity index (χ1v) is 5.31. The van der Waals surface area contributed by atoms with Gasteiger partial charge >= 0.3 is 0 Å². The zero-order chi connectivity index (χ0) is 13.1. The molecule has 0 spiro atoms. The molecule has 1 aromatic heterocycles. The van der Waals surface area contributed by atoms with Crippen molar-refractivity contribution < 1.29 is 14.2 Å². The van der Waals surface area contributed by atoms with Gasteiger partial charge in [-0.3, -0.25) is 5.10 Å². The second-order valence-electron chi connectivity index (χ2n) is 3.58. The molecule has 1 heterocycles. The van der Waals surface area contributed by atoms with Crippen LogP contribution in [0.15, 0.2) is 18.3 Å². The Labute approximate surface area is 105 Å². The van der Waals surface area contributed by atoms with Crippen LogP contribution in [0.2, 0.25) is 0 Å². The van der Waals surface area contributed by atoms with Crippen molar-refractivity contribution in [1.29, 1.82) is 0 Å². The summed E-state index contributed by atoms with van der Waals surface area (Å²) in [7, 11) is 4.73. The lowest BCUT2D eigenvalue weighted by molar-refractivity contribution is 0.351. The van der Waals surface area contributed by atoms with Gasteiger partial charge in [-0.2, -0.15) is 5.10 Å². The molecule has 6 heteroatoms. The number of benzene rings is 1. The Morgan fingerprint density at radius 3 is 2.22 bits per heavy atom. The highest BCUT2D eigenvalue weighted by Crippen LogP contribution is 2.45. The molecule has 2 aromatic rings. The summed E-state index contributed by atoms with van der Waals surface area (Å²) in [6.45, 7) is 0. The van der Waals surface area contributed by atoms with Gasteiger partial charge in [0, 0.05) is 0 Å². The van der Waals surface area contributed by atoms with Crippen molar-refractivity contribution in [3.63, 3.8) is 0 Å². The molecule has 96 valence electrons. The van der Waals surface area contributed by atoms with E-state index in [2.05, 4.69) is 10.2 Å². The van der Waals surface area contributed by atoms with Crippen molar-refractivity contribution in [2.24, 2.45) is 0 Å². The van der Waals surface area contributed by atoms with Crippen molar-refractivity contribution in [1.82, 2.24) is 10.2 Å². The molecule has 18 heavy (non-hydrogen) atoms. The molecule has 2 rings (SSSR count). The molecule has 0 unspecified atom stereocenters. The Hall–Kier alpha value is -2.37. The number of ether oxygens (including phenoxy) is 3. The highest BCUT2D eigenvalue weighted by atomic mass is 16.5. The second-order valence-corrected chi connectivity index (χ2v) is 3.58. The van der Waals surface area contributed by atoms with Crippen LogP contribution in [-0.2, 0) is 0 Å². The van der Waals surface area contributed by atoms with E-state index in [1.807, 2.05) is 0 Å². The number of H-pyrrole nitrogens is 1.